The fraction of sp³-hybridized carbons (Fsp3) is 0.185. The second-order valence-corrected chi connectivity index (χ2v) is 8.01. The van der Waals surface area contributed by atoms with Crippen LogP contribution in [0.3, 0.4) is 0 Å². The SMILES string of the molecule is c1ccc2c([C@H]3COC(CC4=N[C@@H](c5cccc6ccccc56)CO4)=N3)cccc2c1. The van der Waals surface area contributed by atoms with Gasteiger partial charge in [0.25, 0.3) is 0 Å². The predicted molar refractivity (Wildman–Crippen MR) is 125 cm³/mol. The van der Waals surface area contributed by atoms with Gasteiger partial charge < -0.3 is 9.47 Å². The summed E-state index contributed by atoms with van der Waals surface area (Å²) in [7, 11) is 0. The summed E-state index contributed by atoms with van der Waals surface area (Å²) in [5.74, 6) is 1.41. The maximum Gasteiger partial charge on any atom is 0.193 e. The highest BCUT2D eigenvalue weighted by Gasteiger charge is 2.27. The molecule has 0 aromatic heterocycles. The van der Waals surface area contributed by atoms with E-state index < -0.39 is 0 Å². The average molecular weight is 406 g/mol. The summed E-state index contributed by atoms with van der Waals surface area (Å²) < 4.78 is 11.9. The van der Waals surface area contributed by atoms with Crippen LogP contribution in [0.1, 0.15) is 29.6 Å². The second-order valence-electron chi connectivity index (χ2n) is 8.01. The Hall–Kier alpha value is -3.66. The molecule has 4 aromatic carbocycles. The molecule has 2 atom stereocenters. The Balaban J connectivity index is 1.23. The summed E-state index contributed by atoms with van der Waals surface area (Å²) in [5, 5.41) is 4.92. The van der Waals surface area contributed by atoms with E-state index in [0.717, 1.165) is 0 Å². The van der Waals surface area contributed by atoms with Crippen LogP contribution in [0.15, 0.2) is 94.9 Å². The van der Waals surface area contributed by atoms with Crippen LogP contribution in [0, 0.1) is 0 Å². The largest absolute Gasteiger partial charge is 0.478 e. The molecule has 0 spiro atoms. The van der Waals surface area contributed by atoms with Crippen LogP contribution in [-0.4, -0.2) is 25.0 Å². The quantitative estimate of drug-likeness (QED) is 0.416. The zero-order valence-electron chi connectivity index (χ0n) is 17.1. The summed E-state index contributed by atoms with van der Waals surface area (Å²) in [6, 6.07) is 29.6. The number of benzene rings is 4. The molecular weight excluding hydrogens is 384 g/mol. The molecule has 0 saturated heterocycles. The van der Waals surface area contributed by atoms with Gasteiger partial charge in [0.2, 0.25) is 0 Å². The van der Waals surface area contributed by atoms with E-state index in [0.29, 0.717) is 31.4 Å². The lowest BCUT2D eigenvalue weighted by molar-refractivity contribution is 0.300. The van der Waals surface area contributed by atoms with Gasteiger partial charge >= 0.3 is 0 Å². The van der Waals surface area contributed by atoms with Crippen molar-refractivity contribution in [1.29, 1.82) is 0 Å². The van der Waals surface area contributed by atoms with Crippen molar-refractivity contribution in [2.45, 2.75) is 18.5 Å². The topological polar surface area (TPSA) is 43.2 Å². The van der Waals surface area contributed by atoms with Gasteiger partial charge in [0.15, 0.2) is 11.8 Å². The third kappa shape index (κ3) is 3.34. The molecule has 0 saturated carbocycles. The van der Waals surface area contributed by atoms with Crippen LogP contribution in [0.4, 0.5) is 0 Å². The zero-order valence-corrected chi connectivity index (χ0v) is 17.1. The summed E-state index contributed by atoms with van der Waals surface area (Å²) in [6.45, 7) is 1.12. The molecule has 31 heavy (non-hydrogen) atoms. The van der Waals surface area contributed by atoms with Gasteiger partial charge in [-0.2, -0.15) is 0 Å². The Bertz CT molecular complexity index is 1230. The summed E-state index contributed by atoms with van der Waals surface area (Å²) >= 11 is 0. The van der Waals surface area contributed by atoms with Crippen LogP contribution in [0.25, 0.3) is 21.5 Å². The van der Waals surface area contributed by atoms with Crippen molar-refractivity contribution in [3.8, 4) is 0 Å². The Morgan fingerprint density at radius 3 is 1.55 bits per heavy atom. The van der Waals surface area contributed by atoms with Gasteiger partial charge in [0, 0.05) is 0 Å². The van der Waals surface area contributed by atoms with E-state index in [2.05, 4.69) is 84.9 Å². The standard InChI is InChI=1S/C27H22N2O2/c1-3-11-20-18(7-1)9-5-13-22(20)24-16-30-26(28-24)15-27-29-25(17-31-27)23-14-6-10-19-8-2-4-12-21(19)23/h1-14,24-25H,15-17H2/t24-,25-/m1/s1. The van der Waals surface area contributed by atoms with Gasteiger partial charge in [-0.05, 0) is 32.7 Å². The summed E-state index contributed by atoms with van der Waals surface area (Å²) in [5.41, 5.74) is 2.41. The van der Waals surface area contributed by atoms with Crippen LogP contribution in [0.2, 0.25) is 0 Å². The van der Waals surface area contributed by atoms with Crippen LogP contribution < -0.4 is 0 Å². The summed E-state index contributed by atoms with van der Waals surface area (Å²) in [4.78, 5) is 9.71. The Kier molecular flexibility index (Phi) is 4.42. The smallest absolute Gasteiger partial charge is 0.193 e. The Morgan fingerprint density at radius 1 is 0.581 bits per heavy atom. The molecule has 2 aliphatic rings. The van der Waals surface area contributed by atoms with Crippen LogP contribution >= 0.6 is 0 Å². The van der Waals surface area contributed by atoms with Gasteiger partial charge in [-0.1, -0.05) is 84.9 Å². The first kappa shape index (κ1) is 18.1. The fourth-order valence-corrected chi connectivity index (χ4v) is 4.57. The van der Waals surface area contributed by atoms with E-state index in [1.807, 2.05) is 0 Å². The average Bonchev–Trinajstić information content (AvgIpc) is 3.48. The normalized spacial score (nSPS) is 20.4. The molecule has 0 fully saturated rings. The molecule has 0 N–H and O–H groups in total. The van der Waals surface area contributed by atoms with Crippen molar-refractivity contribution >= 4 is 33.3 Å². The van der Waals surface area contributed by atoms with Crippen molar-refractivity contribution in [3.63, 3.8) is 0 Å². The summed E-state index contributed by atoms with van der Waals surface area (Å²) in [6.07, 6.45) is 0.503. The molecule has 4 nitrogen and oxygen atoms in total. The lowest BCUT2D eigenvalue weighted by Crippen LogP contribution is -2.08. The maximum atomic E-state index is 5.93. The molecule has 0 bridgehead atoms. The highest BCUT2D eigenvalue weighted by molar-refractivity contribution is 5.99. The second kappa shape index (κ2) is 7.55. The monoisotopic (exact) mass is 406 g/mol. The lowest BCUT2D eigenvalue weighted by atomic mass is 10.00. The van der Waals surface area contributed by atoms with Gasteiger partial charge in [0.05, 0.1) is 6.42 Å². The van der Waals surface area contributed by atoms with Crippen molar-refractivity contribution < 1.29 is 9.47 Å². The number of hydrogen-bond acceptors (Lipinski definition) is 4. The molecule has 0 aliphatic carbocycles. The van der Waals surface area contributed by atoms with Gasteiger partial charge in [-0.3, -0.25) is 0 Å². The van der Waals surface area contributed by atoms with Gasteiger partial charge in [-0.25, -0.2) is 9.98 Å². The molecule has 2 aliphatic heterocycles. The van der Waals surface area contributed by atoms with Crippen LogP contribution in [-0.2, 0) is 9.47 Å². The third-order valence-corrected chi connectivity index (χ3v) is 6.08. The van der Waals surface area contributed by atoms with E-state index in [4.69, 9.17) is 19.5 Å². The zero-order chi connectivity index (χ0) is 20.6. The first-order valence-corrected chi connectivity index (χ1v) is 10.7. The number of hydrogen-bond donors (Lipinski definition) is 0. The van der Waals surface area contributed by atoms with E-state index >= 15 is 0 Å². The molecule has 6 rings (SSSR count). The van der Waals surface area contributed by atoms with Crippen molar-refractivity contribution in [2.24, 2.45) is 9.98 Å². The molecule has 4 heteroatoms. The van der Waals surface area contributed by atoms with E-state index in [-0.39, 0.29) is 12.1 Å². The Morgan fingerprint density at radius 2 is 1.03 bits per heavy atom. The van der Waals surface area contributed by atoms with Gasteiger partial charge in [0.1, 0.15) is 25.3 Å². The van der Waals surface area contributed by atoms with Crippen molar-refractivity contribution in [2.75, 3.05) is 13.2 Å². The maximum absolute atomic E-state index is 5.93. The number of fused-ring (bicyclic) bond motifs is 2. The minimum Gasteiger partial charge on any atom is -0.478 e. The fourth-order valence-electron chi connectivity index (χ4n) is 4.57. The molecule has 0 radical (unpaired) electrons. The molecule has 4 aromatic rings. The van der Waals surface area contributed by atoms with Crippen LogP contribution in [0.5, 0.6) is 0 Å². The van der Waals surface area contributed by atoms with E-state index in [1.165, 1.54) is 32.7 Å². The molecule has 152 valence electrons. The number of aliphatic imine (C=N–C) groups is 2. The molecule has 0 amide bonds. The minimum absolute atomic E-state index is 0.0111. The van der Waals surface area contributed by atoms with E-state index in [9.17, 15) is 0 Å². The van der Waals surface area contributed by atoms with E-state index in [1.54, 1.807) is 0 Å². The van der Waals surface area contributed by atoms with Crippen molar-refractivity contribution in [1.82, 2.24) is 0 Å². The Labute approximate surface area is 180 Å². The first-order chi connectivity index (χ1) is 15.3. The molecule has 2 heterocycles. The lowest BCUT2D eigenvalue weighted by Gasteiger charge is -2.09. The molecular formula is C27H22N2O2. The predicted octanol–water partition coefficient (Wildman–Crippen LogP) is 6.02. The van der Waals surface area contributed by atoms with Gasteiger partial charge in [-0.15, -0.1) is 0 Å². The highest BCUT2D eigenvalue weighted by atomic mass is 16.5. The van der Waals surface area contributed by atoms with Crippen molar-refractivity contribution in [3.05, 3.63) is 96.1 Å². The third-order valence-electron chi connectivity index (χ3n) is 6.08. The first-order valence-electron chi connectivity index (χ1n) is 10.7. The molecule has 0 unspecified atom stereocenters. The number of rotatable bonds is 4. The number of nitrogens with zero attached hydrogens (tertiary/aromatic N) is 2. The number of ether oxygens (including phenoxy) is 2. The minimum atomic E-state index is 0.0111. The highest BCUT2D eigenvalue weighted by Crippen LogP contribution is 2.32.